The van der Waals surface area contributed by atoms with Crippen LogP contribution in [0, 0.1) is 0 Å². The van der Waals surface area contributed by atoms with Crippen LogP contribution in [0.1, 0.15) is 5.82 Å². The molecule has 0 radical (unpaired) electrons. The van der Waals surface area contributed by atoms with E-state index in [0.717, 1.165) is 39.1 Å². The lowest BCUT2D eigenvalue weighted by atomic mass is 10.3. The third kappa shape index (κ3) is 2.67. The van der Waals surface area contributed by atoms with Crippen molar-refractivity contribution < 1.29 is 0 Å². The Morgan fingerprint density at radius 1 is 1.44 bits per heavy atom. The number of nitrogens with zero attached hydrogens (tertiary/aromatic N) is 4. The minimum atomic E-state index is 0.105. The summed E-state index contributed by atoms with van der Waals surface area (Å²) >= 11 is 1.65. The Labute approximate surface area is 148 Å². The van der Waals surface area contributed by atoms with Gasteiger partial charge in [-0.3, -0.25) is 15.4 Å². The number of rotatable bonds is 5. The molecule has 3 heterocycles. The van der Waals surface area contributed by atoms with Gasteiger partial charge in [0.25, 0.3) is 0 Å². The summed E-state index contributed by atoms with van der Waals surface area (Å²) in [4.78, 5) is 9.67. The van der Waals surface area contributed by atoms with E-state index in [1.165, 1.54) is 0 Å². The van der Waals surface area contributed by atoms with Crippen molar-refractivity contribution in [1.82, 2.24) is 25.1 Å². The van der Waals surface area contributed by atoms with Crippen LogP contribution in [0.2, 0.25) is 0 Å². The summed E-state index contributed by atoms with van der Waals surface area (Å²) in [7, 11) is 3.88. The molecule has 25 heavy (non-hydrogen) atoms. The van der Waals surface area contributed by atoms with E-state index in [9.17, 15) is 0 Å². The highest BCUT2D eigenvalue weighted by Crippen LogP contribution is 2.41. The summed E-state index contributed by atoms with van der Waals surface area (Å²) < 4.78 is 2.03. The Morgan fingerprint density at radius 2 is 2.28 bits per heavy atom. The van der Waals surface area contributed by atoms with Gasteiger partial charge in [0.2, 0.25) is 0 Å². The van der Waals surface area contributed by atoms with Crippen molar-refractivity contribution >= 4 is 46.8 Å². The van der Waals surface area contributed by atoms with E-state index in [1.54, 1.807) is 18.0 Å². The lowest BCUT2D eigenvalue weighted by Gasteiger charge is -2.11. The van der Waals surface area contributed by atoms with Gasteiger partial charge >= 0.3 is 0 Å². The van der Waals surface area contributed by atoms with Crippen LogP contribution in [0.5, 0.6) is 0 Å². The average molecular weight is 354 g/mol. The molecular weight excluding hydrogens is 336 g/mol. The Morgan fingerprint density at radius 3 is 3.04 bits per heavy atom. The Bertz CT molecular complexity index is 970. The molecule has 0 saturated heterocycles. The number of anilines is 2. The number of benzene rings is 1. The zero-order valence-corrected chi connectivity index (χ0v) is 14.7. The molecule has 0 saturated carbocycles. The highest BCUT2D eigenvalue weighted by atomic mass is 32.2. The number of imidazole rings is 1. The quantitative estimate of drug-likeness (QED) is 0.526. The molecule has 1 atom stereocenters. The molecular formula is C16H18N8S. The number of fused-ring (bicyclic) bond motifs is 2. The SMILES string of the molecule is C=N/C=C(\Nc1[nH]nc2c1SC(NC)N2)c1nc2ccccc2n1C. The number of hydrogen-bond donors (Lipinski definition) is 4. The largest absolute Gasteiger partial charge is 0.343 e. The van der Waals surface area contributed by atoms with Gasteiger partial charge in [-0.25, -0.2) is 4.98 Å². The molecule has 4 rings (SSSR count). The maximum atomic E-state index is 4.71. The monoisotopic (exact) mass is 354 g/mol. The van der Waals surface area contributed by atoms with E-state index in [0.29, 0.717) is 0 Å². The molecule has 0 fully saturated rings. The molecule has 0 spiro atoms. The third-order valence-electron chi connectivity index (χ3n) is 4.00. The van der Waals surface area contributed by atoms with Crippen molar-refractivity contribution in [3.05, 3.63) is 36.3 Å². The van der Waals surface area contributed by atoms with Crippen LogP contribution in [0.4, 0.5) is 11.6 Å². The van der Waals surface area contributed by atoms with Crippen LogP contribution in [0.15, 0.2) is 40.4 Å². The summed E-state index contributed by atoms with van der Waals surface area (Å²) in [5.74, 6) is 2.40. The van der Waals surface area contributed by atoms with Crippen molar-refractivity contribution in [3.63, 3.8) is 0 Å². The molecule has 1 aliphatic rings. The van der Waals surface area contributed by atoms with Crippen LogP contribution >= 0.6 is 11.8 Å². The van der Waals surface area contributed by atoms with Crippen molar-refractivity contribution in [1.29, 1.82) is 0 Å². The smallest absolute Gasteiger partial charge is 0.165 e. The second-order valence-electron chi connectivity index (χ2n) is 5.54. The third-order valence-corrected chi connectivity index (χ3v) is 5.22. The van der Waals surface area contributed by atoms with Gasteiger partial charge < -0.3 is 15.2 Å². The van der Waals surface area contributed by atoms with Gasteiger partial charge in [-0.15, -0.1) is 0 Å². The Hall–Kier alpha value is -2.78. The highest BCUT2D eigenvalue weighted by molar-refractivity contribution is 8.00. The van der Waals surface area contributed by atoms with Crippen molar-refractivity contribution in [2.75, 3.05) is 17.7 Å². The summed E-state index contributed by atoms with van der Waals surface area (Å²) in [6.45, 7) is 3.58. The first-order chi connectivity index (χ1) is 12.2. The molecule has 9 heteroatoms. The summed E-state index contributed by atoms with van der Waals surface area (Å²) in [6.07, 6.45) is 1.66. The fraction of sp³-hybridized carbons (Fsp3) is 0.188. The van der Waals surface area contributed by atoms with Gasteiger partial charge in [0.15, 0.2) is 11.6 Å². The fourth-order valence-electron chi connectivity index (χ4n) is 2.79. The predicted molar refractivity (Wildman–Crippen MR) is 103 cm³/mol. The first-order valence-electron chi connectivity index (χ1n) is 7.75. The number of aromatic nitrogens is 4. The fourth-order valence-corrected chi connectivity index (χ4v) is 3.74. The molecule has 1 aliphatic heterocycles. The van der Waals surface area contributed by atoms with E-state index < -0.39 is 0 Å². The summed E-state index contributed by atoms with van der Waals surface area (Å²) in [6, 6.07) is 8.00. The zero-order valence-electron chi connectivity index (χ0n) is 13.9. The van der Waals surface area contributed by atoms with E-state index in [2.05, 4.69) is 37.9 Å². The second kappa shape index (κ2) is 6.26. The molecule has 4 N–H and O–H groups in total. The normalized spacial score (nSPS) is 16.7. The minimum Gasteiger partial charge on any atom is -0.343 e. The topological polar surface area (TPSA) is 94.9 Å². The number of nitrogens with one attached hydrogen (secondary N) is 4. The lowest BCUT2D eigenvalue weighted by Crippen LogP contribution is -2.26. The van der Waals surface area contributed by atoms with Crippen LogP contribution < -0.4 is 16.0 Å². The minimum absolute atomic E-state index is 0.105. The van der Waals surface area contributed by atoms with Crippen molar-refractivity contribution in [2.24, 2.45) is 12.0 Å². The number of aliphatic imine (C=N–C) groups is 1. The van der Waals surface area contributed by atoms with Gasteiger partial charge in [0, 0.05) is 7.05 Å². The lowest BCUT2D eigenvalue weighted by molar-refractivity contribution is 0.821. The summed E-state index contributed by atoms with van der Waals surface area (Å²) in [5, 5.41) is 17.1. The molecule has 2 aromatic heterocycles. The molecule has 1 aromatic carbocycles. The van der Waals surface area contributed by atoms with Gasteiger partial charge in [-0.2, -0.15) is 5.10 Å². The van der Waals surface area contributed by atoms with Gasteiger partial charge in [0.05, 0.1) is 22.1 Å². The van der Waals surface area contributed by atoms with Crippen molar-refractivity contribution in [3.8, 4) is 0 Å². The van der Waals surface area contributed by atoms with E-state index in [1.807, 2.05) is 42.9 Å². The van der Waals surface area contributed by atoms with Gasteiger partial charge in [-0.1, -0.05) is 23.9 Å². The molecule has 128 valence electrons. The molecule has 0 amide bonds. The van der Waals surface area contributed by atoms with Crippen LogP contribution in [-0.4, -0.2) is 39.0 Å². The standard InChI is InChI=1S/C16H18N8S/c1-17-8-10(15-20-9-6-4-5-7-11(9)24(15)3)19-13-12-14(23-22-13)21-16(18-2)25-12/h4-8,16,18H,1H2,2-3H3,(H3,19,21,22,23)/b10-8-. The molecule has 0 aliphatic carbocycles. The maximum Gasteiger partial charge on any atom is 0.165 e. The summed E-state index contributed by atoms with van der Waals surface area (Å²) in [5.41, 5.74) is 2.83. The Kier molecular flexibility index (Phi) is 3.94. The number of aryl methyl sites for hydroxylation is 1. The zero-order chi connectivity index (χ0) is 17.4. The number of thioether (sulfide) groups is 1. The van der Waals surface area contributed by atoms with Gasteiger partial charge in [0.1, 0.15) is 17.0 Å². The van der Waals surface area contributed by atoms with E-state index in [-0.39, 0.29) is 5.50 Å². The van der Waals surface area contributed by atoms with Crippen LogP contribution in [0.25, 0.3) is 16.7 Å². The second-order valence-corrected chi connectivity index (χ2v) is 6.66. The Balaban J connectivity index is 1.71. The number of para-hydroxylation sites is 2. The molecule has 3 aromatic rings. The first kappa shape index (κ1) is 15.7. The van der Waals surface area contributed by atoms with Crippen LogP contribution in [-0.2, 0) is 7.05 Å². The van der Waals surface area contributed by atoms with E-state index >= 15 is 0 Å². The molecule has 0 bridgehead atoms. The van der Waals surface area contributed by atoms with E-state index in [4.69, 9.17) is 4.98 Å². The molecule has 8 nitrogen and oxygen atoms in total. The van der Waals surface area contributed by atoms with Gasteiger partial charge in [-0.05, 0) is 25.9 Å². The predicted octanol–water partition coefficient (Wildman–Crippen LogP) is 2.43. The van der Waals surface area contributed by atoms with Crippen molar-refractivity contribution in [2.45, 2.75) is 10.4 Å². The number of aromatic amines is 1. The molecule has 1 unspecified atom stereocenters. The number of hydrogen-bond acceptors (Lipinski definition) is 7. The average Bonchev–Trinajstić information content (AvgIpc) is 3.29. The maximum absolute atomic E-state index is 4.71. The first-order valence-corrected chi connectivity index (χ1v) is 8.63. The van der Waals surface area contributed by atoms with Crippen LogP contribution in [0.3, 0.4) is 0 Å². The number of H-pyrrole nitrogens is 1. The highest BCUT2D eigenvalue weighted by Gasteiger charge is 2.27.